The van der Waals surface area contributed by atoms with Crippen molar-refractivity contribution < 1.29 is 0 Å². The molecule has 1 aliphatic heterocycles. The quantitative estimate of drug-likeness (QED) is 0.881. The summed E-state index contributed by atoms with van der Waals surface area (Å²) in [6, 6.07) is 9.66. The minimum Gasteiger partial charge on any atom is -0.311 e. The van der Waals surface area contributed by atoms with Crippen LogP contribution in [0.1, 0.15) is 51.7 Å². The summed E-state index contributed by atoms with van der Waals surface area (Å²) < 4.78 is 0. The molecule has 1 fully saturated rings. The van der Waals surface area contributed by atoms with Crippen molar-refractivity contribution in [3.63, 3.8) is 0 Å². The van der Waals surface area contributed by atoms with E-state index < -0.39 is 0 Å². The lowest BCUT2D eigenvalue weighted by molar-refractivity contribution is 0.0372. The van der Waals surface area contributed by atoms with Gasteiger partial charge in [0.05, 0.1) is 0 Å². The van der Waals surface area contributed by atoms with E-state index in [1.54, 1.807) is 0 Å². The molecule has 2 nitrogen and oxygen atoms in total. The molecular weight excluding hydrogens is 256 g/mol. The van der Waals surface area contributed by atoms with Crippen molar-refractivity contribution in [3.8, 4) is 0 Å². The minimum atomic E-state index is 0.276. The lowest BCUT2D eigenvalue weighted by Gasteiger charge is -2.48. The van der Waals surface area contributed by atoms with E-state index in [1.165, 1.54) is 24.0 Å². The maximum atomic E-state index is 3.78. The molecule has 1 aromatic rings. The van der Waals surface area contributed by atoms with Gasteiger partial charge in [-0.25, -0.2) is 0 Å². The summed E-state index contributed by atoms with van der Waals surface area (Å²) in [6.07, 6.45) is 2.46. The molecule has 0 bridgehead atoms. The summed E-state index contributed by atoms with van der Waals surface area (Å²) in [5.41, 5.74) is 3.05. The van der Waals surface area contributed by atoms with Crippen LogP contribution in [0, 0.1) is 12.8 Å². The average Bonchev–Trinajstić information content (AvgIpc) is 2.44. The Morgan fingerprint density at radius 3 is 2.52 bits per heavy atom. The Bertz CT molecular complexity index is 437. The summed E-state index contributed by atoms with van der Waals surface area (Å²) in [5, 5.41) is 3.78. The molecule has 1 saturated heterocycles. The van der Waals surface area contributed by atoms with Crippen LogP contribution in [0.3, 0.4) is 0 Å². The Hall–Kier alpha value is -0.860. The Kier molecular flexibility index (Phi) is 5.45. The highest BCUT2D eigenvalue weighted by Crippen LogP contribution is 2.26. The molecule has 0 radical (unpaired) electrons. The standard InChI is InChI=1S/C19H32N2/c1-6-19(5)14-20-18(11-15(2)3)13-21(19)12-17-9-7-16(4)8-10-17/h7-10,15,18,20H,6,11-14H2,1-5H3. The number of rotatable bonds is 5. The molecule has 0 aromatic heterocycles. The fourth-order valence-electron chi connectivity index (χ4n) is 3.27. The van der Waals surface area contributed by atoms with Crippen molar-refractivity contribution >= 4 is 0 Å². The van der Waals surface area contributed by atoms with Gasteiger partial charge < -0.3 is 5.32 Å². The first-order valence-electron chi connectivity index (χ1n) is 8.47. The van der Waals surface area contributed by atoms with E-state index in [0.29, 0.717) is 6.04 Å². The molecule has 2 heteroatoms. The van der Waals surface area contributed by atoms with E-state index in [9.17, 15) is 0 Å². The Morgan fingerprint density at radius 2 is 1.95 bits per heavy atom. The van der Waals surface area contributed by atoms with E-state index in [0.717, 1.165) is 25.6 Å². The van der Waals surface area contributed by atoms with Gasteiger partial charge in [-0.1, -0.05) is 50.6 Å². The molecule has 2 atom stereocenters. The lowest BCUT2D eigenvalue weighted by Crippen LogP contribution is -2.62. The zero-order valence-electron chi connectivity index (χ0n) is 14.4. The van der Waals surface area contributed by atoms with E-state index in [4.69, 9.17) is 0 Å². The monoisotopic (exact) mass is 288 g/mol. The summed E-state index contributed by atoms with van der Waals surface area (Å²) in [7, 11) is 0. The molecule has 118 valence electrons. The van der Waals surface area contributed by atoms with Crippen LogP contribution >= 0.6 is 0 Å². The van der Waals surface area contributed by atoms with Gasteiger partial charge in [0, 0.05) is 31.2 Å². The average molecular weight is 288 g/mol. The van der Waals surface area contributed by atoms with Crippen molar-refractivity contribution in [3.05, 3.63) is 35.4 Å². The molecule has 0 spiro atoms. The molecule has 2 unspecified atom stereocenters. The number of nitrogens with zero attached hydrogens (tertiary/aromatic N) is 1. The van der Waals surface area contributed by atoms with E-state index in [2.05, 4.69) is 69.1 Å². The smallest absolute Gasteiger partial charge is 0.0307 e. The molecule has 21 heavy (non-hydrogen) atoms. The van der Waals surface area contributed by atoms with Gasteiger partial charge in [0.25, 0.3) is 0 Å². The third-order valence-corrected chi connectivity index (χ3v) is 4.99. The first-order valence-corrected chi connectivity index (χ1v) is 8.47. The zero-order chi connectivity index (χ0) is 15.5. The Morgan fingerprint density at radius 1 is 1.29 bits per heavy atom. The molecule has 1 N–H and O–H groups in total. The van der Waals surface area contributed by atoms with Gasteiger partial charge in [0.2, 0.25) is 0 Å². The number of hydrogen-bond acceptors (Lipinski definition) is 2. The van der Waals surface area contributed by atoms with Crippen LogP contribution in [0.15, 0.2) is 24.3 Å². The summed E-state index contributed by atoms with van der Waals surface area (Å²) in [6.45, 7) is 14.8. The highest BCUT2D eigenvalue weighted by molar-refractivity contribution is 5.21. The normalized spacial score (nSPS) is 27.2. The largest absolute Gasteiger partial charge is 0.311 e. The highest BCUT2D eigenvalue weighted by atomic mass is 15.3. The lowest BCUT2D eigenvalue weighted by atomic mass is 9.89. The second-order valence-corrected chi connectivity index (χ2v) is 7.42. The predicted molar refractivity (Wildman–Crippen MR) is 91.5 cm³/mol. The fourth-order valence-corrected chi connectivity index (χ4v) is 3.27. The molecule has 1 aliphatic rings. The number of benzene rings is 1. The molecule has 2 rings (SSSR count). The van der Waals surface area contributed by atoms with E-state index in [1.807, 2.05) is 0 Å². The van der Waals surface area contributed by atoms with E-state index in [-0.39, 0.29) is 5.54 Å². The number of piperazine rings is 1. The van der Waals surface area contributed by atoms with Crippen molar-refractivity contribution in [2.45, 2.75) is 65.6 Å². The molecule has 0 aliphatic carbocycles. The third-order valence-electron chi connectivity index (χ3n) is 4.99. The maximum Gasteiger partial charge on any atom is 0.0307 e. The van der Waals surface area contributed by atoms with Gasteiger partial charge in [-0.3, -0.25) is 4.90 Å². The van der Waals surface area contributed by atoms with Crippen LogP contribution in [0.4, 0.5) is 0 Å². The predicted octanol–water partition coefficient (Wildman–Crippen LogP) is 3.98. The van der Waals surface area contributed by atoms with Crippen molar-refractivity contribution in [1.82, 2.24) is 10.2 Å². The van der Waals surface area contributed by atoms with Crippen LogP contribution in [-0.4, -0.2) is 29.6 Å². The first kappa shape index (κ1) is 16.5. The van der Waals surface area contributed by atoms with Gasteiger partial charge in [-0.05, 0) is 38.2 Å². The fraction of sp³-hybridized carbons (Fsp3) is 0.684. The molecular formula is C19H32N2. The van der Waals surface area contributed by atoms with Gasteiger partial charge in [-0.2, -0.15) is 0 Å². The number of nitrogens with one attached hydrogen (secondary N) is 1. The van der Waals surface area contributed by atoms with Gasteiger partial charge in [0.1, 0.15) is 0 Å². The van der Waals surface area contributed by atoms with Gasteiger partial charge in [-0.15, -0.1) is 0 Å². The first-order chi connectivity index (χ1) is 9.93. The topological polar surface area (TPSA) is 15.3 Å². The van der Waals surface area contributed by atoms with Crippen LogP contribution in [0.2, 0.25) is 0 Å². The number of aryl methyl sites for hydroxylation is 1. The Balaban J connectivity index is 2.08. The van der Waals surface area contributed by atoms with Crippen LogP contribution in [-0.2, 0) is 6.54 Å². The second-order valence-electron chi connectivity index (χ2n) is 7.42. The van der Waals surface area contributed by atoms with Crippen LogP contribution < -0.4 is 5.32 Å². The third kappa shape index (κ3) is 4.31. The van der Waals surface area contributed by atoms with Crippen molar-refractivity contribution in [2.24, 2.45) is 5.92 Å². The summed E-state index contributed by atoms with van der Waals surface area (Å²) in [5.74, 6) is 0.759. The maximum absolute atomic E-state index is 3.78. The van der Waals surface area contributed by atoms with E-state index >= 15 is 0 Å². The zero-order valence-corrected chi connectivity index (χ0v) is 14.4. The molecule has 1 heterocycles. The van der Waals surface area contributed by atoms with Crippen LogP contribution in [0.25, 0.3) is 0 Å². The number of hydrogen-bond donors (Lipinski definition) is 1. The molecule has 0 saturated carbocycles. The second kappa shape index (κ2) is 6.93. The molecule has 0 amide bonds. The van der Waals surface area contributed by atoms with Crippen LogP contribution in [0.5, 0.6) is 0 Å². The summed E-state index contributed by atoms with van der Waals surface area (Å²) in [4.78, 5) is 2.70. The molecule has 1 aromatic carbocycles. The minimum absolute atomic E-state index is 0.276. The SMILES string of the molecule is CCC1(C)CNC(CC(C)C)CN1Cc1ccc(C)cc1. The highest BCUT2D eigenvalue weighted by Gasteiger charge is 2.36. The summed E-state index contributed by atoms with van der Waals surface area (Å²) >= 11 is 0. The van der Waals surface area contributed by atoms with Crippen molar-refractivity contribution in [1.29, 1.82) is 0 Å². The van der Waals surface area contributed by atoms with Gasteiger partial charge in [0.15, 0.2) is 0 Å². The van der Waals surface area contributed by atoms with Gasteiger partial charge >= 0.3 is 0 Å². The Labute approximate surface area is 130 Å². The van der Waals surface area contributed by atoms with Crippen molar-refractivity contribution in [2.75, 3.05) is 13.1 Å².